The molecule has 3 nitrogen and oxygen atoms in total. The van der Waals surface area contributed by atoms with Gasteiger partial charge in [-0.2, -0.15) is 9.97 Å². The van der Waals surface area contributed by atoms with Gasteiger partial charge in [-0.3, -0.25) is 0 Å². The summed E-state index contributed by atoms with van der Waals surface area (Å²) in [5, 5.41) is 0.184. The zero-order valence-corrected chi connectivity index (χ0v) is 19.7. The molecule has 1 aliphatic carbocycles. The fraction of sp³-hybridized carbons (Fsp3) is 0.100. The molecular formula is C30H22ClN3. The minimum Gasteiger partial charge on any atom is -0.208 e. The number of hydrogen-bond acceptors (Lipinski definition) is 3. The quantitative estimate of drug-likeness (QED) is 0.276. The van der Waals surface area contributed by atoms with E-state index in [1.807, 2.05) is 36.4 Å². The molecule has 1 aromatic heterocycles. The van der Waals surface area contributed by atoms with E-state index in [9.17, 15) is 0 Å². The normalized spacial score (nSPS) is 13.4. The highest BCUT2D eigenvalue weighted by molar-refractivity contribution is 6.28. The van der Waals surface area contributed by atoms with E-state index in [1.54, 1.807) is 0 Å². The van der Waals surface area contributed by atoms with Gasteiger partial charge in [0.15, 0.2) is 11.6 Å². The van der Waals surface area contributed by atoms with Gasteiger partial charge in [0, 0.05) is 16.5 Å². The summed E-state index contributed by atoms with van der Waals surface area (Å²) in [5.74, 6) is 1.13. The van der Waals surface area contributed by atoms with Crippen LogP contribution in [0.3, 0.4) is 0 Å². The van der Waals surface area contributed by atoms with Crippen LogP contribution in [0, 0.1) is 0 Å². The van der Waals surface area contributed by atoms with Gasteiger partial charge in [0.2, 0.25) is 5.28 Å². The van der Waals surface area contributed by atoms with Crippen LogP contribution in [0.4, 0.5) is 0 Å². The Morgan fingerprint density at radius 1 is 0.529 bits per heavy atom. The third-order valence-corrected chi connectivity index (χ3v) is 6.87. The number of fused-ring (bicyclic) bond motifs is 3. The molecule has 4 heteroatoms. The monoisotopic (exact) mass is 459 g/mol. The van der Waals surface area contributed by atoms with Gasteiger partial charge in [0.1, 0.15) is 0 Å². The predicted molar refractivity (Wildman–Crippen MR) is 139 cm³/mol. The first-order valence-corrected chi connectivity index (χ1v) is 11.7. The van der Waals surface area contributed by atoms with Crippen molar-refractivity contribution in [2.45, 2.75) is 19.3 Å². The smallest absolute Gasteiger partial charge is 0.208 e. The molecular weight excluding hydrogens is 438 g/mol. The van der Waals surface area contributed by atoms with E-state index in [4.69, 9.17) is 16.6 Å². The number of benzene rings is 4. The summed E-state index contributed by atoms with van der Waals surface area (Å²) in [7, 11) is 0. The fourth-order valence-corrected chi connectivity index (χ4v) is 5.24. The van der Waals surface area contributed by atoms with Crippen molar-refractivity contribution in [1.29, 1.82) is 0 Å². The molecule has 0 aliphatic heterocycles. The third-order valence-electron chi connectivity index (χ3n) is 6.71. The van der Waals surface area contributed by atoms with Crippen LogP contribution >= 0.6 is 11.6 Å². The summed E-state index contributed by atoms with van der Waals surface area (Å²) in [6.07, 6.45) is 0. The lowest BCUT2D eigenvalue weighted by molar-refractivity contribution is 0.660. The van der Waals surface area contributed by atoms with Gasteiger partial charge in [-0.15, -0.1) is 0 Å². The van der Waals surface area contributed by atoms with Gasteiger partial charge >= 0.3 is 0 Å². The van der Waals surface area contributed by atoms with Crippen molar-refractivity contribution in [2.75, 3.05) is 0 Å². The van der Waals surface area contributed by atoms with Gasteiger partial charge in [-0.05, 0) is 45.0 Å². The van der Waals surface area contributed by atoms with Crippen molar-refractivity contribution in [3.8, 4) is 45.0 Å². The Morgan fingerprint density at radius 2 is 1.12 bits per heavy atom. The van der Waals surface area contributed by atoms with E-state index < -0.39 is 0 Å². The summed E-state index contributed by atoms with van der Waals surface area (Å²) >= 11 is 6.38. The Morgan fingerprint density at radius 3 is 1.91 bits per heavy atom. The minimum absolute atomic E-state index is 0.0617. The summed E-state index contributed by atoms with van der Waals surface area (Å²) in [6, 6.07) is 33.4. The lowest BCUT2D eigenvalue weighted by atomic mass is 9.82. The van der Waals surface area contributed by atoms with Crippen LogP contribution in [-0.2, 0) is 5.41 Å². The molecule has 164 valence electrons. The Kier molecular flexibility index (Phi) is 4.82. The molecule has 0 spiro atoms. The van der Waals surface area contributed by atoms with Gasteiger partial charge in [0.25, 0.3) is 0 Å². The number of rotatable bonds is 3. The van der Waals surface area contributed by atoms with Crippen LogP contribution in [0.1, 0.15) is 25.0 Å². The fourth-order valence-electron chi connectivity index (χ4n) is 5.08. The van der Waals surface area contributed by atoms with Crippen LogP contribution in [0.25, 0.3) is 45.0 Å². The van der Waals surface area contributed by atoms with Crippen molar-refractivity contribution in [3.05, 3.63) is 113 Å². The van der Waals surface area contributed by atoms with E-state index in [2.05, 4.69) is 84.5 Å². The van der Waals surface area contributed by atoms with Crippen molar-refractivity contribution >= 4 is 11.6 Å². The van der Waals surface area contributed by atoms with Crippen LogP contribution in [0.15, 0.2) is 97.1 Å². The van der Waals surface area contributed by atoms with Gasteiger partial charge < -0.3 is 0 Å². The van der Waals surface area contributed by atoms with E-state index in [-0.39, 0.29) is 10.7 Å². The van der Waals surface area contributed by atoms with Gasteiger partial charge in [0.05, 0.1) is 0 Å². The van der Waals surface area contributed by atoms with Crippen molar-refractivity contribution < 1.29 is 0 Å². The molecule has 34 heavy (non-hydrogen) atoms. The summed E-state index contributed by atoms with van der Waals surface area (Å²) in [6.45, 7) is 4.59. The molecule has 0 fully saturated rings. The first kappa shape index (κ1) is 20.8. The first-order chi connectivity index (χ1) is 16.5. The molecule has 0 amide bonds. The Labute approximate surface area is 204 Å². The topological polar surface area (TPSA) is 38.7 Å². The maximum Gasteiger partial charge on any atom is 0.226 e. The van der Waals surface area contributed by atoms with Crippen molar-refractivity contribution in [3.63, 3.8) is 0 Å². The molecule has 0 saturated carbocycles. The summed E-state index contributed by atoms with van der Waals surface area (Å²) in [5.41, 5.74) is 9.27. The molecule has 5 aromatic rings. The molecule has 0 unspecified atom stereocenters. The summed E-state index contributed by atoms with van der Waals surface area (Å²) < 4.78 is 0. The average molecular weight is 460 g/mol. The maximum absolute atomic E-state index is 6.38. The summed E-state index contributed by atoms with van der Waals surface area (Å²) in [4.78, 5) is 13.7. The molecule has 4 aromatic carbocycles. The number of hydrogen-bond donors (Lipinski definition) is 0. The minimum atomic E-state index is -0.0617. The third kappa shape index (κ3) is 3.24. The lowest BCUT2D eigenvalue weighted by Gasteiger charge is -2.21. The lowest BCUT2D eigenvalue weighted by Crippen LogP contribution is -2.14. The molecule has 6 rings (SSSR count). The zero-order chi connectivity index (χ0) is 23.3. The van der Waals surface area contributed by atoms with E-state index in [0.717, 1.165) is 16.7 Å². The number of halogens is 1. The van der Waals surface area contributed by atoms with Gasteiger partial charge in [-0.25, -0.2) is 4.98 Å². The molecule has 0 radical (unpaired) electrons. The molecule has 0 saturated heterocycles. The Balaban J connectivity index is 1.58. The predicted octanol–water partition coefficient (Wildman–Crippen LogP) is 7.83. The van der Waals surface area contributed by atoms with Crippen LogP contribution < -0.4 is 0 Å². The Bertz CT molecular complexity index is 1540. The highest BCUT2D eigenvalue weighted by Gasteiger charge is 2.36. The SMILES string of the molecule is CC1(C)c2ccccc2-c2c(-c3ccccc3-c3nc(Cl)nc(-c4ccccc4)n3)cccc21. The van der Waals surface area contributed by atoms with Crippen LogP contribution in [0.5, 0.6) is 0 Å². The van der Waals surface area contributed by atoms with Gasteiger partial charge in [-0.1, -0.05) is 111 Å². The molecule has 0 N–H and O–H groups in total. The molecule has 0 atom stereocenters. The zero-order valence-electron chi connectivity index (χ0n) is 19.0. The second-order valence-corrected chi connectivity index (χ2v) is 9.40. The Hall–Kier alpha value is -3.82. The standard InChI is InChI=1S/C30H22ClN3/c1-30(2)24-17-9-8-15-23(24)26-21(16-10-18-25(26)30)20-13-6-7-14-22(20)28-32-27(33-29(31)34-28)19-11-4-3-5-12-19/h3-18H,1-2H3. The second-order valence-electron chi connectivity index (χ2n) is 9.06. The largest absolute Gasteiger partial charge is 0.226 e. The van der Waals surface area contributed by atoms with E-state index in [1.165, 1.54) is 27.8 Å². The molecule has 1 aliphatic rings. The molecule has 1 heterocycles. The molecule has 0 bridgehead atoms. The van der Waals surface area contributed by atoms with Crippen LogP contribution in [-0.4, -0.2) is 15.0 Å². The number of aromatic nitrogens is 3. The number of nitrogens with zero attached hydrogens (tertiary/aromatic N) is 3. The maximum atomic E-state index is 6.38. The van der Waals surface area contributed by atoms with Crippen LogP contribution in [0.2, 0.25) is 5.28 Å². The average Bonchev–Trinajstić information content (AvgIpc) is 3.11. The highest BCUT2D eigenvalue weighted by atomic mass is 35.5. The van der Waals surface area contributed by atoms with Crippen molar-refractivity contribution in [1.82, 2.24) is 15.0 Å². The van der Waals surface area contributed by atoms with E-state index >= 15 is 0 Å². The van der Waals surface area contributed by atoms with Crippen molar-refractivity contribution in [2.24, 2.45) is 0 Å². The van der Waals surface area contributed by atoms with E-state index in [0.29, 0.717) is 11.6 Å². The highest BCUT2D eigenvalue weighted by Crippen LogP contribution is 2.52. The first-order valence-electron chi connectivity index (χ1n) is 11.3. The second kappa shape index (κ2) is 7.89.